The van der Waals surface area contributed by atoms with E-state index in [1.807, 2.05) is 7.05 Å². The quantitative estimate of drug-likeness (QED) is 0.235. The molecule has 1 aromatic carbocycles. The van der Waals surface area contributed by atoms with Crippen LogP contribution in [0.3, 0.4) is 0 Å². The maximum Gasteiger partial charge on any atom is 0.190 e. The van der Waals surface area contributed by atoms with Gasteiger partial charge in [0.2, 0.25) is 0 Å². The first kappa shape index (κ1) is 23.2. The normalized spacial score (nSPS) is 18.2. The van der Waals surface area contributed by atoms with Crippen LogP contribution in [0.15, 0.2) is 35.3 Å². The third-order valence-electron chi connectivity index (χ3n) is 4.59. The minimum atomic E-state index is 0. The summed E-state index contributed by atoms with van der Waals surface area (Å²) < 4.78 is 11.2. The van der Waals surface area contributed by atoms with E-state index < -0.39 is 0 Å². The Labute approximate surface area is 175 Å². The Morgan fingerprint density at radius 1 is 1.31 bits per heavy atom. The molecule has 2 rings (SSSR count). The second kappa shape index (κ2) is 14.2. The number of rotatable bonds is 10. The monoisotopic (exact) mass is 475 g/mol. The fourth-order valence-corrected chi connectivity index (χ4v) is 3.04. The lowest BCUT2D eigenvalue weighted by Crippen LogP contribution is -2.40. The number of benzene rings is 1. The van der Waals surface area contributed by atoms with Crippen LogP contribution in [-0.2, 0) is 9.47 Å². The summed E-state index contributed by atoms with van der Waals surface area (Å²) in [6.45, 7) is 6.33. The molecule has 1 fully saturated rings. The first-order chi connectivity index (χ1) is 12.3. The molecule has 1 aliphatic heterocycles. The van der Waals surface area contributed by atoms with Gasteiger partial charge in [-0.15, -0.1) is 24.0 Å². The summed E-state index contributed by atoms with van der Waals surface area (Å²) in [5.41, 5.74) is 1.37. The summed E-state index contributed by atoms with van der Waals surface area (Å²) in [5.74, 6) is 1.35. The van der Waals surface area contributed by atoms with Crippen LogP contribution in [0.1, 0.15) is 44.1 Å². The van der Waals surface area contributed by atoms with Crippen molar-refractivity contribution in [1.29, 1.82) is 0 Å². The highest BCUT2D eigenvalue weighted by Crippen LogP contribution is 2.17. The van der Waals surface area contributed by atoms with E-state index in [0.29, 0.717) is 12.0 Å². The second-order valence-electron chi connectivity index (χ2n) is 6.46. The van der Waals surface area contributed by atoms with Gasteiger partial charge in [0.15, 0.2) is 5.96 Å². The molecule has 0 saturated carbocycles. The number of nitrogens with zero attached hydrogens (tertiary/aromatic N) is 1. The average molecular weight is 475 g/mol. The van der Waals surface area contributed by atoms with Crippen LogP contribution in [0, 0.1) is 0 Å². The van der Waals surface area contributed by atoms with Gasteiger partial charge in [-0.05, 0) is 31.2 Å². The highest BCUT2D eigenvalue weighted by molar-refractivity contribution is 14.0. The Balaban J connectivity index is 0.00000338. The number of hydrogen-bond donors (Lipinski definition) is 2. The van der Waals surface area contributed by atoms with Crippen LogP contribution in [0.5, 0.6) is 0 Å². The van der Waals surface area contributed by atoms with E-state index in [-0.39, 0.29) is 24.0 Å². The molecule has 5 nitrogen and oxygen atoms in total. The van der Waals surface area contributed by atoms with Crippen LogP contribution in [0.25, 0.3) is 0 Å². The van der Waals surface area contributed by atoms with Gasteiger partial charge in [0.05, 0.1) is 12.7 Å². The van der Waals surface area contributed by atoms with Crippen LogP contribution < -0.4 is 10.6 Å². The fraction of sp³-hybridized carbons (Fsp3) is 0.650. The predicted octanol–water partition coefficient (Wildman–Crippen LogP) is 3.55. The molecule has 0 amide bonds. The Morgan fingerprint density at radius 3 is 2.77 bits per heavy atom. The Bertz CT molecular complexity index is 493. The smallest absolute Gasteiger partial charge is 0.190 e. The van der Waals surface area contributed by atoms with Crippen molar-refractivity contribution in [2.24, 2.45) is 4.99 Å². The molecule has 0 aromatic heterocycles. The Morgan fingerprint density at radius 2 is 2.12 bits per heavy atom. The summed E-state index contributed by atoms with van der Waals surface area (Å²) in [5, 5.41) is 6.79. The molecule has 1 saturated heterocycles. The lowest BCUT2D eigenvalue weighted by molar-refractivity contribution is 0.0168. The van der Waals surface area contributed by atoms with E-state index in [0.717, 1.165) is 58.1 Å². The second-order valence-corrected chi connectivity index (χ2v) is 6.46. The summed E-state index contributed by atoms with van der Waals surface area (Å²) in [6, 6.07) is 10.6. The van der Waals surface area contributed by atoms with Gasteiger partial charge in [-0.3, -0.25) is 4.99 Å². The zero-order valence-electron chi connectivity index (χ0n) is 16.1. The van der Waals surface area contributed by atoms with Gasteiger partial charge in [0.25, 0.3) is 0 Å². The zero-order chi connectivity index (χ0) is 17.7. The molecule has 6 heteroatoms. The van der Waals surface area contributed by atoms with Crippen molar-refractivity contribution in [3.05, 3.63) is 35.9 Å². The van der Waals surface area contributed by atoms with Gasteiger partial charge in [0.1, 0.15) is 0 Å². The lowest BCUT2D eigenvalue weighted by Gasteiger charge is -2.18. The van der Waals surface area contributed by atoms with E-state index in [4.69, 9.17) is 9.47 Å². The number of ether oxygens (including phenoxy) is 2. The van der Waals surface area contributed by atoms with Crippen molar-refractivity contribution >= 4 is 29.9 Å². The molecule has 1 heterocycles. The molecule has 2 unspecified atom stereocenters. The third-order valence-corrected chi connectivity index (χ3v) is 4.59. The number of halogens is 1. The van der Waals surface area contributed by atoms with Crippen LogP contribution >= 0.6 is 24.0 Å². The molecule has 1 aromatic rings. The minimum Gasteiger partial charge on any atom is -0.379 e. The molecule has 2 atom stereocenters. The largest absolute Gasteiger partial charge is 0.379 e. The van der Waals surface area contributed by atoms with Gasteiger partial charge in [-0.1, -0.05) is 37.3 Å². The first-order valence-electron chi connectivity index (χ1n) is 9.52. The van der Waals surface area contributed by atoms with Crippen molar-refractivity contribution in [3.63, 3.8) is 0 Å². The third kappa shape index (κ3) is 8.68. The van der Waals surface area contributed by atoms with Crippen molar-refractivity contribution < 1.29 is 9.47 Å². The van der Waals surface area contributed by atoms with Crippen molar-refractivity contribution in [2.45, 2.75) is 44.6 Å². The number of aliphatic imine (C=N–C) groups is 1. The van der Waals surface area contributed by atoms with Crippen molar-refractivity contribution in [3.8, 4) is 0 Å². The van der Waals surface area contributed by atoms with E-state index in [1.165, 1.54) is 12.0 Å². The molecule has 1 aliphatic rings. The van der Waals surface area contributed by atoms with Crippen molar-refractivity contribution in [2.75, 3.05) is 40.0 Å². The van der Waals surface area contributed by atoms with E-state index in [9.17, 15) is 0 Å². The molecule has 0 bridgehead atoms. The molecule has 0 spiro atoms. The maximum atomic E-state index is 5.68. The first-order valence-corrected chi connectivity index (χ1v) is 9.52. The van der Waals surface area contributed by atoms with E-state index in [1.54, 1.807) is 0 Å². The summed E-state index contributed by atoms with van der Waals surface area (Å²) in [4.78, 5) is 4.30. The lowest BCUT2D eigenvalue weighted by atomic mass is 9.97. The Kier molecular flexibility index (Phi) is 12.7. The van der Waals surface area contributed by atoms with Crippen molar-refractivity contribution in [1.82, 2.24) is 10.6 Å². The van der Waals surface area contributed by atoms with Gasteiger partial charge < -0.3 is 20.1 Å². The van der Waals surface area contributed by atoms with Gasteiger partial charge in [0, 0.05) is 39.3 Å². The molecule has 26 heavy (non-hydrogen) atoms. The number of hydrogen-bond acceptors (Lipinski definition) is 3. The topological polar surface area (TPSA) is 54.9 Å². The van der Waals surface area contributed by atoms with Gasteiger partial charge >= 0.3 is 0 Å². The molecular formula is C20H34IN3O2. The minimum absolute atomic E-state index is 0. The maximum absolute atomic E-state index is 5.68. The summed E-state index contributed by atoms with van der Waals surface area (Å²) in [6.07, 6.45) is 4.68. The van der Waals surface area contributed by atoms with Crippen LogP contribution in [-0.4, -0.2) is 52.0 Å². The van der Waals surface area contributed by atoms with Gasteiger partial charge in [-0.25, -0.2) is 0 Å². The molecule has 0 aliphatic carbocycles. The summed E-state index contributed by atoms with van der Waals surface area (Å²) in [7, 11) is 1.81. The van der Waals surface area contributed by atoms with E-state index >= 15 is 0 Å². The number of guanidine groups is 1. The standard InChI is InChI=1S/C20H33N3O2.HI/c1-3-17(18-9-5-4-6-10-18)15-23-20(21-2)22-12-8-13-24-16-19-11-7-14-25-19;/h4-6,9-10,17,19H,3,7-8,11-16H2,1-2H3,(H2,21,22,23);1H. The SMILES string of the molecule is CCC(CNC(=NC)NCCCOCC1CCCO1)c1ccccc1.I. The predicted molar refractivity (Wildman–Crippen MR) is 119 cm³/mol. The number of nitrogens with one attached hydrogen (secondary N) is 2. The highest BCUT2D eigenvalue weighted by Gasteiger charge is 2.15. The molecule has 0 radical (unpaired) electrons. The average Bonchev–Trinajstić information content (AvgIpc) is 3.17. The molecule has 148 valence electrons. The molecular weight excluding hydrogens is 441 g/mol. The van der Waals surface area contributed by atoms with Crippen LogP contribution in [0.4, 0.5) is 0 Å². The fourth-order valence-electron chi connectivity index (χ4n) is 3.04. The van der Waals surface area contributed by atoms with E-state index in [2.05, 4.69) is 52.9 Å². The van der Waals surface area contributed by atoms with Gasteiger partial charge in [-0.2, -0.15) is 0 Å². The van der Waals surface area contributed by atoms with Crippen LogP contribution in [0.2, 0.25) is 0 Å². The molecule has 2 N–H and O–H groups in total. The zero-order valence-corrected chi connectivity index (χ0v) is 18.4. The Hall–Kier alpha value is -0.860. The highest BCUT2D eigenvalue weighted by atomic mass is 127. The summed E-state index contributed by atoms with van der Waals surface area (Å²) >= 11 is 0.